The molecule has 0 unspecified atom stereocenters. The molecule has 0 saturated heterocycles. The first kappa shape index (κ1) is 25.0. The highest BCUT2D eigenvalue weighted by Gasteiger charge is 2.41. The summed E-state index contributed by atoms with van der Waals surface area (Å²) >= 11 is 0. The second-order valence-electron chi connectivity index (χ2n) is 8.57. The Labute approximate surface area is 209 Å². The Hall–Kier alpha value is -4.14. The molecule has 2 aliphatic heterocycles. The zero-order valence-electron chi connectivity index (χ0n) is 20.8. The summed E-state index contributed by atoms with van der Waals surface area (Å²) in [6.07, 6.45) is 1.44. The van der Waals surface area contributed by atoms with Crippen LogP contribution in [-0.4, -0.2) is 35.1 Å². The van der Waals surface area contributed by atoms with Crippen LogP contribution in [0.2, 0.25) is 0 Å². The number of hydrogen-bond donors (Lipinski definition) is 1. The maximum atomic E-state index is 13.4. The van der Waals surface area contributed by atoms with E-state index in [9.17, 15) is 9.59 Å². The molecule has 0 amide bonds. The summed E-state index contributed by atoms with van der Waals surface area (Å²) in [5.74, 6) is -1.71. The maximum absolute atomic E-state index is 13.4. The molecule has 2 aliphatic rings. The van der Waals surface area contributed by atoms with Gasteiger partial charge in [0.25, 0.3) is 0 Å². The lowest BCUT2D eigenvalue weighted by molar-refractivity contribution is -0.142. The molecule has 0 saturated carbocycles. The summed E-state index contributed by atoms with van der Waals surface area (Å²) in [5, 5.41) is 3.13. The zero-order valence-corrected chi connectivity index (χ0v) is 20.8. The van der Waals surface area contributed by atoms with Gasteiger partial charge in [-0.15, -0.1) is 0 Å². The fourth-order valence-corrected chi connectivity index (χ4v) is 4.15. The van der Waals surface area contributed by atoms with E-state index in [1.807, 2.05) is 38.1 Å². The second-order valence-corrected chi connectivity index (χ2v) is 8.57. The minimum atomic E-state index is -0.859. The first-order valence-corrected chi connectivity index (χ1v) is 11.7. The van der Waals surface area contributed by atoms with E-state index in [1.165, 1.54) is 6.26 Å². The van der Waals surface area contributed by atoms with Crippen molar-refractivity contribution in [2.75, 3.05) is 13.2 Å². The van der Waals surface area contributed by atoms with Crippen LogP contribution in [0.3, 0.4) is 0 Å². The number of pyridine rings is 2. The number of nitrogens with zero attached hydrogens (tertiary/aromatic N) is 2. The number of allylic oxidation sites excluding steroid dienone is 3. The predicted octanol–water partition coefficient (Wildman–Crippen LogP) is 3.54. The highest BCUT2D eigenvalue weighted by Crippen LogP contribution is 2.38. The fraction of sp³-hybridized carbons (Fsp3) is 0.333. The molecule has 2 aromatic heterocycles. The standard InChI is InChI=1S/C27H29N3O6/c1-16-7-5-9-20(28-16)13-35-26(31)23-18(3)30-19(4)24(25(23)22-15-33-11-12-34-22)27(32)36-14-21-10-6-8-17(2)29-21/h5-10,15,25,30H,11-14H2,1-4H3. The lowest BCUT2D eigenvalue weighted by Crippen LogP contribution is -2.35. The highest BCUT2D eigenvalue weighted by molar-refractivity contribution is 5.98. The van der Waals surface area contributed by atoms with Crippen molar-refractivity contribution in [1.82, 2.24) is 15.3 Å². The average Bonchev–Trinajstić information content (AvgIpc) is 2.86. The molecule has 0 bridgehead atoms. The van der Waals surface area contributed by atoms with Gasteiger partial charge in [0, 0.05) is 22.8 Å². The van der Waals surface area contributed by atoms with E-state index in [0.717, 1.165) is 11.4 Å². The van der Waals surface area contributed by atoms with Crippen LogP contribution in [0.1, 0.15) is 36.6 Å². The molecule has 0 radical (unpaired) electrons. The molecular formula is C27H29N3O6. The summed E-state index contributed by atoms with van der Waals surface area (Å²) in [5.41, 5.74) is 4.46. The number of ether oxygens (including phenoxy) is 4. The van der Waals surface area contributed by atoms with Gasteiger partial charge in [0.05, 0.1) is 28.5 Å². The van der Waals surface area contributed by atoms with Crippen molar-refractivity contribution in [2.24, 2.45) is 5.92 Å². The quantitative estimate of drug-likeness (QED) is 0.582. The van der Waals surface area contributed by atoms with Gasteiger partial charge < -0.3 is 24.3 Å². The number of hydrogen-bond acceptors (Lipinski definition) is 9. The molecular weight excluding hydrogens is 462 g/mol. The van der Waals surface area contributed by atoms with Crippen LogP contribution in [0.15, 0.2) is 71.0 Å². The Morgan fingerprint density at radius 2 is 1.39 bits per heavy atom. The van der Waals surface area contributed by atoms with E-state index in [4.69, 9.17) is 18.9 Å². The Balaban J connectivity index is 1.60. The van der Waals surface area contributed by atoms with E-state index in [-0.39, 0.29) is 24.4 Å². The van der Waals surface area contributed by atoms with Gasteiger partial charge in [-0.3, -0.25) is 9.97 Å². The van der Waals surface area contributed by atoms with Crippen LogP contribution in [0.25, 0.3) is 0 Å². The van der Waals surface area contributed by atoms with Crippen molar-refractivity contribution < 1.29 is 28.5 Å². The molecule has 36 heavy (non-hydrogen) atoms. The SMILES string of the molecule is CC1=C(C(=O)OCc2cccc(C)n2)C(C2=COCCO2)C(C(=O)OCc2cccc(C)n2)=C(C)N1. The van der Waals surface area contributed by atoms with Gasteiger partial charge in [0.15, 0.2) is 0 Å². The minimum Gasteiger partial charge on any atom is -0.494 e. The van der Waals surface area contributed by atoms with Crippen molar-refractivity contribution in [1.29, 1.82) is 0 Å². The van der Waals surface area contributed by atoms with E-state index in [0.29, 0.717) is 41.8 Å². The topological polar surface area (TPSA) is 109 Å². The first-order chi connectivity index (χ1) is 17.3. The normalized spacial score (nSPS) is 15.9. The largest absolute Gasteiger partial charge is 0.494 e. The molecule has 0 aromatic carbocycles. The van der Waals surface area contributed by atoms with Gasteiger partial charge in [0.2, 0.25) is 0 Å². The molecule has 1 N–H and O–H groups in total. The van der Waals surface area contributed by atoms with E-state index < -0.39 is 17.9 Å². The zero-order chi connectivity index (χ0) is 25.7. The molecule has 188 valence electrons. The number of dihydropyridines is 1. The Bertz CT molecular complexity index is 1180. The van der Waals surface area contributed by atoms with Crippen LogP contribution < -0.4 is 5.32 Å². The van der Waals surface area contributed by atoms with Crippen molar-refractivity contribution in [3.63, 3.8) is 0 Å². The number of aromatic nitrogens is 2. The summed E-state index contributed by atoms with van der Waals surface area (Å²) in [6.45, 7) is 7.87. The summed E-state index contributed by atoms with van der Waals surface area (Å²) in [6, 6.07) is 11.0. The molecule has 9 nitrogen and oxygen atoms in total. The number of aryl methyl sites for hydroxylation is 2. The van der Waals surface area contributed by atoms with Gasteiger partial charge in [-0.25, -0.2) is 9.59 Å². The average molecular weight is 492 g/mol. The molecule has 9 heteroatoms. The summed E-state index contributed by atoms with van der Waals surface area (Å²) in [7, 11) is 0. The van der Waals surface area contributed by atoms with Crippen molar-refractivity contribution in [2.45, 2.75) is 40.9 Å². The number of carbonyl (C=O) groups excluding carboxylic acids is 2. The smallest absolute Gasteiger partial charge is 0.337 e. The third kappa shape index (κ3) is 5.73. The van der Waals surface area contributed by atoms with Crippen LogP contribution in [-0.2, 0) is 41.8 Å². The minimum absolute atomic E-state index is 0.0120. The molecule has 0 fully saturated rings. The van der Waals surface area contributed by atoms with E-state index in [2.05, 4.69) is 15.3 Å². The summed E-state index contributed by atoms with van der Waals surface area (Å²) < 4.78 is 22.5. The molecule has 2 aromatic rings. The van der Waals surface area contributed by atoms with Crippen LogP contribution in [0.5, 0.6) is 0 Å². The third-order valence-electron chi connectivity index (χ3n) is 5.75. The molecule has 4 heterocycles. The second kappa shape index (κ2) is 11.1. The third-order valence-corrected chi connectivity index (χ3v) is 5.75. The predicted molar refractivity (Wildman–Crippen MR) is 130 cm³/mol. The molecule has 4 rings (SSSR count). The Morgan fingerprint density at radius 3 is 1.83 bits per heavy atom. The lowest BCUT2D eigenvalue weighted by Gasteiger charge is -2.32. The molecule has 0 aliphatic carbocycles. The maximum Gasteiger partial charge on any atom is 0.337 e. The van der Waals surface area contributed by atoms with E-state index >= 15 is 0 Å². The Morgan fingerprint density at radius 1 is 0.861 bits per heavy atom. The van der Waals surface area contributed by atoms with Gasteiger partial charge in [-0.2, -0.15) is 0 Å². The number of esters is 2. The highest BCUT2D eigenvalue weighted by atomic mass is 16.6. The van der Waals surface area contributed by atoms with Crippen molar-refractivity contribution >= 4 is 11.9 Å². The number of rotatable bonds is 7. The van der Waals surface area contributed by atoms with Crippen LogP contribution in [0, 0.1) is 19.8 Å². The van der Waals surface area contributed by atoms with Crippen molar-refractivity contribution in [3.8, 4) is 0 Å². The van der Waals surface area contributed by atoms with Crippen LogP contribution in [0.4, 0.5) is 0 Å². The molecule has 0 atom stereocenters. The van der Waals surface area contributed by atoms with Gasteiger partial charge in [-0.05, 0) is 52.0 Å². The first-order valence-electron chi connectivity index (χ1n) is 11.7. The van der Waals surface area contributed by atoms with E-state index in [1.54, 1.807) is 26.0 Å². The van der Waals surface area contributed by atoms with Gasteiger partial charge >= 0.3 is 11.9 Å². The fourth-order valence-electron chi connectivity index (χ4n) is 4.15. The van der Waals surface area contributed by atoms with Crippen molar-refractivity contribution in [3.05, 3.63) is 93.7 Å². The van der Waals surface area contributed by atoms with Crippen LogP contribution >= 0.6 is 0 Å². The van der Waals surface area contributed by atoms with Gasteiger partial charge in [0.1, 0.15) is 38.4 Å². The Kier molecular flexibility index (Phi) is 7.68. The monoisotopic (exact) mass is 491 g/mol. The number of carbonyl (C=O) groups is 2. The molecule has 0 spiro atoms. The van der Waals surface area contributed by atoms with Gasteiger partial charge in [-0.1, -0.05) is 12.1 Å². The lowest BCUT2D eigenvalue weighted by atomic mass is 9.84. The summed E-state index contributed by atoms with van der Waals surface area (Å²) in [4.78, 5) is 35.5. The number of nitrogens with one attached hydrogen (secondary N) is 1.